The van der Waals surface area contributed by atoms with Gasteiger partial charge in [-0.2, -0.15) is 0 Å². The fraction of sp³-hybridized carbons (Fsp3) is 1.00. The third-order valence-corrected chi connectivity index (χ3v) is 0.153. The first kappa shape index (κ1) is 4.88. The zero-order valence-corrected chi connectivity index (χ0v) is 2.88. The van der Waals surface area contributed by atoms with Gasteiger partial charge in [0.1, 0.15) is 0 Å². The largest absolute Gasteiger partial charge is 0.366 e. The fourth-order valence-electron chi connectivity index (χ4n) is 0. The first-order valence-electron chi connectivity index (χ1n) is 1.25. The Morgan fingerprint density at radius 2 is 2.00 bits per heavy atom. The van der Waals surface area contributed by atoms with Crippen LogP contribution in [0.2, 0.25) is 0 Å². The molecule has 0 radical (unpaired) electrons. The molecule has 0 aromatic rings. The summed E-state index contributed by atoms with van der Waals surface area (Å²) in [6.45, 7) is 1.31. The van der Waals surface area contributed by atoms with E-state index in [9.17, 15) is 0 Å². The van der Waals surface area contributed by atoms with Crippen LogP contribution in [0.5, 0.6) is 0 Å². The SMILES string of the molecule is CC(O)OO. The van der Waals surface area contributed by atoms with E-state index in [-0.39, 0.29) is 0 Å². The summed E-state index contributed by atoms with van der Waals surface area (Å²) in [7, 11) is 0. The Morgan fingerprint density at radius 1 is 1.80 bits per heavy atom. The van der Waals surface area contributed by atoms with Crippen molar-refractivity contribution < 1.29 is 15.3 Å². The first-order valence-corrected chi connectivity index (χ1v) is 1.25. The average molecular weight is 78.1 g/mol. The quantitative estimate of drug-likeness (QED) is 0.260. The Hall–Kier alpha value is -0.120. The topological polar surface area (TPSA) is 49.7 Å². The third kappa shape index (κ3) is 3.88. The summed E-state index contributed by atoms with van der Waals surface area (Å²) >= 11 is 0. The van der Waals surface area contributed by atoms with Crippen molar-refractivity contribution >= 4 is 0 Å². The number of aliphatic hydroxyl groups is 1. The highest BCUT2D eigenvalue weighted by atomic mass is 17.1. The molecule has 3 nitrogen and oxygen atoms in total. The Kier molecular flexibility index (Phi) is 2.09. The molecule has 1 atom stereocenters. The van der Waals surface area contributed by atoms with Gasteiger partial charge < -0.3 is 5.11 Å². The van der Waals surface area contributed by atoms with E-state index in [1.54, 1.807) is 0 Å². The highest BCUT2D eigenvalue weighted by molar-refractivity contribution is 4.06. The van der Waals surface area contributed by atoms with Gasteiger partial charge in [0.25, 0.3) is 0 Å². The molecule has 0 aromatic heterocycles. The molecule has 0 spiro atoms. The summed E-state index contributed by atoms with van der Waals surface area (Å²) in [5, 5.41) is 15.3. The van der Waals surface area contributed by atoms with Gasteiger partial charge in [-0.3, -0.25) is 0 Å². The summed E-state index contributed by atoms with van der Waals surface area (Å²) in [6.07, 6.45) is -1.06. The number of rotatable bonds is 1. The molecule has 0 heterocycles. The highest BCUT2D eigenvalue weighted by Gasteiger charge is 1.83. The Bertz CT molecular complexity index is 18.9. The summed E-state index contributed by atoms with van der Waals surface area (Å²) in [6, 6.07) is 0. The van der Waals surface area contributed by atoms with Crippen LogP contribution < -0.4 is 0 Å². The maximum Gasteiger partial charge on any atom is 0.185 e. The molecule has 3 heteroatoms. The van der Waals surface area contributed by atoms with Crippen molar-refractivity contribution in [3.8, 4) is 0 Å². The van der Waals surface area contributed by atoms with Gasteiger partial charge in [0, 0.05) is 0 Å². The van der Waals surface area contributed by atoms with Crippen LogP contribution in [0.25, 0.3) is 0 Å². The smallest absolute Gasteiger partial charge is 0.185 e. The van der Waals surface area contributed by atoms with Crippen molar-refractivity contribution in [3.05, 3.63) is 0 Å². The third-order valence-electron chi connectivity index (χ3n) is 0.153. The minimum atomic E-state index is -1.06. The van der Waals surface area contributed by atoms with Gasteiger partial charge >= 0.3 is 0 Å². The van der Waals surface area contributed by atoms with E-state index in [1.165, 1.54) is 6.92 Å². The van der Waals surface area contributed by atoms with Gasteiger partial charge in [0.15, 0.2) is 6.29 Å². The summed E-state index contributed by atoms with van der Waals surface area (Å²) in [4.78, 5) is 3.31. The van der Waals surface area contributed by atoms with E-state index >= 15 is 0 Å². The Labute approximate surface area is 29.7 Å². The van der Waals surface area contributed by atoms with Gasteiger partial charge in [-0.25, -0.2) is 10.1 Å². The normalized spacial score (nSPS) is 15.0. The average Bonchev–Trinajstić information content (AvgIpc) is 1.38. The van der Waals surface area contributed by atoms with E-state index in [1.807, 2.05) is 0 Å². The fourth-order valence-corrected chi connectivity index (χ4v) is 0. The zero-order valence-electron chi connectivity index (χ0n) is 2.88. The van der Waals surface area contributed by atoms with Crippen LogP contribution in [-0.2, 0) is 4.89 Å². The molecular formula is C2H6O3. The molecule has 0 amide bonds. The van der Waals surface area contributed by atoms with E-state index < -0.39 is 6.29 Å². The molecule has 0 rings (SSSR count). The lowest BCUT2D eigenvalue weighted by Gasteiger charge is -1.90. The number of aliphatic hydroxyl groups excluding tert-OH is 1. The van der Waals surface area contributed by atoms with Gasteiger partial charge in [-0.05, 0) is 6.92 Å². The van der Waals surface area contributed by atoms with Crippen molar-refractivity contribution in [2.75, 3.05) is 0 Å². The molecule has 0 aliphatic carbocycles. The van der Waals surface area contributed by atoms with E-state index in [2.05, 4.69) is 4.89 Å². The maximum atomic E-state index is 7.89. The van der Waals surface area contributed by atoms with Crippen LogP contribution >= 0.6 is 0 Å². The van der Waals surface area contributed by atoms with Crippen LogP contribution in [0.15, 0.2) is 0 Å². The predicted octanol–water partition coefficient (Wildman–Crippen LogP) is -0.186. The predicted molar refractivity (Wildman–Crippen MR) is 15.4 cm³/mol. The van der Waals surface area contributed by atoms with Crippen LogP contribution in [0.1, 0.15) is 6.92 Å². The molecule has 0 bridgehead atoms. The van der Waals surface area contributed by atoms with Crippen molar-refractivity contribution in [1.82, 2.24) is 0 Å². The summed E-state index contributed by atoms with van der Waals surface area (Å²) in [5.74, 6) is 0. The minimum Gasteiger partial charge on any atom is -0.366 e. The molecule has 0 fully saturated rings. The molecule has 0 saturated carbocycles. The molecule has 0 aliphatic rings. The van der Waals surface area contributed by atoms with Crippen LogP contribution in [0, 0.1) is 0 Å². The molecule has 0 aliphatic heterocycles. The molecule has 5 heavy (non-hydrogen) atoms. The van der Waals surface area contributed by atoms with Crippen molar-refractivity contribution in [2.45, 2.75) is 13.2 Å². The molecule has 0 saturated heterocycles. The first-order chi connectivity index (χ1) is 2.27. The zero-order chi connectivity index (χ0) is 4.28. The molecule has 1 unspecified atom stereocenters. The van der Waals surface area contributed by atoms with Crippen LogP contribution in [0.3, 0.4) is 0 Å². The monoisotopic (exact) mass is 78.0 g/mol. The van der Waals surface area contributed by atoms with Crippen molar-refractivity contribution in [1.29, 1.82) is 0 Å². The van der Waals surface area contributed by atoms with Gasteiger partial charge in [-0.15, -0.1) is 0 Å². The van der Waals surface area contributed by atoms with Crippen LogP contribution in [0.4, 0.5) is 0 Å². The van der Waals surface area contributed by atoms with Gasteiger partial charge in [0.2, 0.25) is 0 Å². The van der Waals surface area contributed by atoms with Crippen LogP contribution in [-0.4, -0.2) is 16.7 Å². The van der Waals surface area contributed by atoms with Gasteiger partial charge in [-0.1, -0.05) is 0 Å². The molecular weight excluding hydrogens is 72.0 g/mol. The van der Waals surface area contributed by atoms with E-state index in [0.29, 0.717) is 0 Å². The van der Waals surface area contributed by atoms with Crippen molar-refractivity contribution in [2.24, 2.45) is 0 Å². The summed E-state index contributed by atoms with van der Waals surface area (Å²) < 4.78 is 0. The minimum absolute atomic E-state index is 1.06. The summed E-state index contributed by atoms with van der Waals surface area (Å²) in [5.41, 5.74) is 0. The lowest BCUT2D eigenvalue weighted by Crippen LogP contribution is -2.00. The molecule has 0 aromatic carbocycles. The maximum absolute atomic E-state index is 7.89. The van der Waals surface area contributed by atoms with E-state index in [0.717, 1.165) is 0 Å². The molecule has 2 N–H and O–H groups in total. The highest BCUT2D eigenvalue weighted by Crippen LogP contribution is 1.71. The second kappa shape index (κ2) is 2.14. The second-order valence-electron chi connectivity index (χ2n) is 0.705. The van der Waals surface area contributed by atoms with Crippen molar-refractivity contribution in [3.63, 3.8) is 0 Å². The lowest BCUT2D eigenvalue weighted by molar-refractivity contribution is -0.327. The number of hydrogen-bond acceptors (Lipinski definition) is 3. The van der Waals surface area contributed by atoms with Gasteiger partial charge in [0.05, 0.1) is 0 Å². The molecule has 32 valence electrons. The Balaban J connectivity index is 2.54. The number of hydrogen-bond donors (Lipinski definition) is 2. The second-order valence-corrected chi connectivity index (χ2v) is 0.705. The van der Waals surface area contributed by atoms with E-state index in [4.69, 9.17) is 10.4 Å². The standard InChI is InChI=1S/C2H6O3/c1-2(3)5-4/h2-4H,1H3. The lowest BCUT2D eigenvalue weighted by atomic mass is 10.8. The Morgan fingerprint density at radius 3 is 2.00 bits per heavy atom.